The van der Waals surface area contributed by atoms with Gasteiger partial charge < -0.3 is 4.74 Å². The fourth-order valence-electron chi connectivity index (χ4n) is 1.65. The molecule has 0 aliphatic carbocycles. The summed E-state index contributed by atoms with van der Waals surface area (Å²) in [6, 6.07) is 0. The van der Waals surface area contributed by atoms with Crippen molar-refractivity contribution < 1.29 is 4.74 Å². The van der Waals surface area contributed by atoms with Crippen molar-refractivity contribution in [2.75, 3.05) is 0 Å². The molecule has 0 radical (unpaired) electrons. The van der Waals surface area contributed by atoms with Crippen LogP contribution in [0.4, 0.5) is 0 Å². The maximum absolute atomic E-state index is 5.84. The normalized spacial score (nSPS) is 28.1. The summed E-state index contributed by atoms with van der Waals surface area (Å²) in [5, 5.41) is 0. The summed E-state index contributed by atoms with van der Waals surface area (Å²) in [5.41, 5.74) is 5.11. The molecular weight excluding hydrogens is 176 g/mol. The van der Waals surface area contributed by atoms with E-state index in [9.17, 15) is 0 Å². The lowest BCUT2D eigenvalue weighted by Crippen LogP contribution is -2.42. The predicted octanol–water partition coefficient (Wildman–Crippen LogP) is 2.43. The van der Waals surface area contributed by atoms with Crippen molar-refractivity contribution in [1.29, 1.82) is 0 Å². The zero-order valence-corrected chi connectivity index (χ0v) is 9.29. The average molecular weight is 196 g/mol. The molecule has 0 amide bonds. The smallest absolute Gasteiger partial charge is 0.191 e. The van der Waals surface area contributed by atoms with E-state index in [1.165, 1.54) is 0 Å². The zero-order valence-electron chi connectivity index (χ0n) is 9.29. The average Bonchev–Trinajstić information content (AvgIpc) is 2.12. The van der Waals surface area contributed by atoms with Gasteiger partial charge in [-0.3, -0.25) is 10.7 Å². The van der Waals surface area contributed by atoms with Crippen LogP contribution in [-0.4, -0.2) is 11.9 Å². The summed E-state index contributed by atoms with van der Waals surface area (Å²) < 4.78 is 5.67. The summed E-state index contributed by atoms with van der Waals surface area (Å²) in [5.74, 6) is 1.39. The fraction of sp³-hybridized carbons (Fsp3) is 0.727. The van der Waals surface area contributed by atoms with Crippen LogP contribution in [0.15, 0.2) is 17.0 Å². The number of hydrogen-bond acceptors (Lipinski definition) is 3. The molecule has 0 aromatic carbocycles. The Morgan fingerprint density at radius 3 is 2.79 bits per heavy atom. The highest BCUT2D eigenvalue weighted by atomic mass is 16.5. The van der Waals surface area contributed by atoms with E-state index in [4.69, 9.17) is 10.5 Å². The zero-order chi connectivity index (χ0) is 10.6. The third kappa shape index (κ3) is 2.84. The Labute approximate surface area is 86.0 Å². The Bertz CT molecular complexity index is 244. The van der Waals surface area contributed by atoms with Crippen LogP contribution < -0.4 is 5.73 Å². The van der Waals surface area contributed by atoms with Crippen molar-refractivity contribution in [3.8, 4) is 0 Å². The molecule has 0 spiro atoms. The first-order valence-corrected chi connectivity index (χ1v) is 5.31. The van der Waals surface area contributed by atoms with Crippen molar-refractivity contribution in [3.63, 3.8) is 0 Å². The Kier molecular flexibility index (Phi) is 3.69. The number of ether oxygens (including phenoxy) is 1. The highest BCUT2D eigenvalue weighted by molar-refractivity contribution is 5.69. The van der Waals surface area contributed by atoms with Gasteiger partial charge in [0.2, 0.25) is 0 Å². The van der Waals surface area contributed by atoms with E-state index in [1.807, 2.05) is 6.92 Å². The molecule has 0 saturated heterocycles. The van der Waals surface area contributed by atoms with Gasteiger partial charge in [0.25, 0.3) is 0 Å². The van der Waals surface area contributed by atoms with Gasteiger partial charge in [0, 0.05) is 5.92 Å². The topological polar surface area (TPSA) is 47.6 Å². The molecule has 80 valence electrons. The Morgan fingerprint density at radius 1 is 1.57 bits per heavy atom. The van der Waals surface area contributed by atoms with Gasteiger partial charge in [-0.25, -0.2) is 0 Å². The van der Waals surface area contributed by atoms with Crippen molar-refractivity contribution >= 4 is 6.21 Å². The van der Waals surface area contributed by atoms with E-state index < -0.39 is 5.72 Å². The summed E-state index contributed by atoms with van der Waals surface area (Å²) in [4.78, 5) is 4.13. The molecule has 2 unspecified atom stereocenters. The summed E-state index contributed by atoms with van der Waals surface area (Å²) in [6.07, 6.45) is 6.79. The van der Waals surface area contributed by atoms with Crippen LogP contribution in [0.3, 0.4) is 0 Å². The molecular formula is C11H20N2O. The van der Waals surface area contributed by atoms with Gasteiger partial charge in [-0.1, -0.05) is 20.3 Å². The number of nitrogens with zero attached hydrogens (tertiary/aromatic N) is 1. The summed E-state index contributed by atoms with van der Waals surface area (Å²) >= 11 is 0. The molecule has 0 aromatic heterocycles. The molecule has 0 aromatic rings. The molecule has 0 fully saturated rings. The van der Waals surface area contributed by atoms with Crippen molar-refractivity contribution in [2.45, 2.75) is 45.8 Å². The second kappa shape index (κ2) is 4.60. The van der Waals surface area contributed by atoms with Gasteiger partial charge >= 0.3 is 0 Å². The van der Waals surface area contributed by atoms with Gasteiger partial charge in [0.15, 0.2) is 5.72 Å². The van der Waals surface area contributed by atoms with Crippen LogP contribution >= 0.6 is 0 Å². The molecule has 3 heteroatoms. The molecule has 1 heterocycles. The van der Waals surface area contributed by atoms with E-state index in [2.05, 4.69) is 18.8 Å². The second-order valence-corrected chi connectivity index (χ2v) is 3.99. The van der Waals surface area contributed by atoms with Gasteiger partial charge in [0.05, 0.1) is 12.4 Å². The van der Waals surface area contributed by atoms with Gasteiger partial charge in [-0.15, -0.1) is 0 Å². The molecule has 2 atom stereocenters. The highest BCUT2D eigenvalue weighted by Crippen LogP contribution is 2.26. The van der Waals surface area contributed by atoms with Crippen molar-refractivity contribution in [1.82, 2.24) is 0 Å². The summed E-state index contributed by atoms with van der Waals surface area (Å²) in [6.45, 7) is 6.16. The first-order valence-electron chi connectivity index (χ1n) is 5.31. The lowest BCUT2D eigenvalue weighted by Gasteiger charge is -2.29. The van der Waals surface area contributed by atoms with Gasteiger partial charge in [0.1, 0.15) is 5.76 Å². The molecule has 1 rings (SSSR count). The highest BCUT2D eigenvalue weighted by Gasteiger charge is 2.25. The van der Waals surface area contributed by atoms with E-state index in [1.54, 1.807) is 12.4 Å². The number of hydrogen-bond donors (Lipinski definition) is 1. The minimum Gasteiger partial charge on any atom is -0.471 e. The molecule has 2 N–H and O–H groups in total. The first kappa shape index (κ1) is 11.2. The number of rotatable bonds is 4. The Morgan fingerprint density at radius 2 is 2.29 bits per heavy atom. The van der Waals surface area contributed by atoms with Crippen LogP contribution in [0.2, 0.25) is 0 Å². The molecule has 3 nitrogen and oxygen atoms in total. The number of allylic oxidation sites excluding steroid dienone is 1. The van der Waals surface area contributed by atoms with Gasteiger partial charge in [-0.2, -0.15) is 0 Å². The standard InChI is InChI=1S/C11H20N2O/c1-4-6-9(5-2)10-7-13-8-11(3,12)14-10/h7-9H,4-6,12H2,1-3H3. The second-order valence-electron chi connectivity index (χ2n) is 3.99. The molecule has 0 bridgehead atoms. The number of aliphatic imine (C=N–C) groups is 1. The van der Waals surface area contributed by atoms with Crippen LogP contribution in [0.5, 0.6) is 0 Å². The van der Waals surface area contributed by atoms with Crippen molar-refractivity contribution in [3.05, 3.63) is 12.0 Å². The predicted molar refractivity (Wildman–Crippen MR) is 58.9 cm³/mol. The quantitative estimate of drug-likeness (QED) is 0.750. The maximum atomic E-state index is 5.84. The van der Waals surface area contributed by atoms with E-state index in [-0.39, 0.29) is 0 Å². The maximum Gasteiger partial charge on any atom is 0.191 e. The fourth-order valence-corrected chi connectivity index (χ4v) is 1.65. The Hall–Kier alpha value is -0.830. The van der Waals surface area contributed by atoms with Crippen molar-refractivity contribution in [2.24, 2.45) is 16.6 Å². The molecule has 1 aliphatic heterocycles. The lowest BCUT2D eigenvalue weighted by molar-refractivity contribution is 0.0609. The van der Waals surface area contributed by atoms with Crippen LogP contribution in [-0.2, 0) is 4.74 Å². The molecule has 0 saturated carbocycles. The Balaban J connectivity index is 2.67. The van der Waals surface area contributed by atoms with E-state index in [0.29, 0.717) is 5.92 Å². The molecule has 14 heavy (non-hydrogen) atoms. The third-order valence-electron chi connectivity index (χ3n) is 2.40. The lowest BCUT2D eigenvalue weighted by atomic mass is 9.98. The minimum atomic E-state index is -0.731. The van der Waals surface area contributed by atoms with E-state index >= 15 is 0 Å². The minimum absolute atomic E-state index is 0.459. The SMILES string of the molecule is CCCC(CC)C1=CN=CC(C)(N)O1. The van der Waals surface area contributed by atoms with E-state index in [0.717, 1.165) is 25.0 Å². The third-order valence-corrected chi connectivity index (χ3v) is 2.40. The van der Waals surface area contributed by atoms with Gasteiger partial charge in [-0.05, 0) is 19.8 Å². The van der Waals surface area contributed by atoms with Crippen LogP contribution in [0.1, 0.15) is 40.0 Å². The summed E-state index contributed by atoms with van der Waals surface area (Å²) in [7, 11) is 0. The monoisotopic (exact) mass is 196 g/mol. The van der Waals surface area contributed by atoms with Crippen LogP contribution in [0, 0.1) is 5.92 Å². The number of nitrogens with two attached hydrogens (primary N) is 1. The van der Waals surface area contributed by atoms with Crippen LogP contribution in [0.25, 0.3) is 0 Å². The molecule has 1 aliphatic rings. The largest absolute Gasteiger partial charge is 0.471 e. The first-order chi connectivity index (χ1) is 6.59.